The number of nitrogens with zero attached hydrogens (tertiary/aromatic N) is 4. The van der Waals surface area contributed by atoms with Gasteiger partial charge < -0.3 is 20.1 Å². The Morgan fingerprint density at radius 3 is 2.49 bits per heavy atom. The lowest BCUT2D eigenvalue weighted by Crippen LogP contribution is -2.21. The van der Waals surface area contributed by atoms with Crippen LogP contribution in [0.4, 0.5) is 22.1 Å². The van der Waals surface area contributed by atoms with Crippen molar-refractivity contribution in [1.82, 2.24) is 19.7 Å². The summed E-state index contributed by atoms with van der Waals surface area (Å²) >= 11 is 0. The van der Waals surface area contributed by atoms with Crippen LogP contribution in [-0.2, 0) is 5.41 Å². The fraction of sp³-hybridized carbons (Fsp3) is 0.259. The highest BCUT2D eigenvalue weighted by atomic mass is 16.5. The number of aryl methyl sites for hydroxylation is 1. The first kappa shape index (κ1) is 25.5. The van der Waals surface area contributed by atoms with E-state index in [0.717, 1.165) is 16.9 Å². The molecular formula is C27H31N7O3. The predicted molar refractivity (Wildman–Crippen MR) is 144 cm³/mol. The molecule has 0 bridgehead atoms. The van der Waals surface area contributed by atoms with Crippen LogP contribution in [0.1, 0.15) is 32.0 Å². The quantitative estimate of drug-likeness (QED) is 0.295. The van der Waals surface area contributed by atoms with Crippen LogP contribution in [-0.4, -0.2) is 39.9 Å². The number of hydrogen-bond donors (Lipinski definition) is 3. The van der Waals surface area contributed by atoms with Crippen LogP contribution >= 0.6 is 0 Å². The van der Waals surface area contributed by atoms with Gasteiger partial charge in [0.25, 0.3) is 0 Å². The summed E-state index contributed by atoms with van der Waals surface area (Å²) < 4.78 is 13.1. The fourth-order valence-electron chi connectivity index (χ4n) is 3.55. The molecule has 10 nitrogen and oxygen atoms in total. The third-order valence-electron chi connectivity index (χ3n) is 5.50. The molecule has 2 heterocycles. The molecule has 0 spiro atoms. The van der Waals surface area contributed by atoms with Crippen LogP contribution < -0.4 is 25.4 Å². The van der Waals surface area contributed by atoms with Crippen molar-refractivity contribution >= 4 is 23.4 Å². The van der Waals surface area contributed by atoms with Gasteiger partial charge in [0.05, 0.1) is 18.5 Å². The number of anilines is 3. The maximum Gasteiger partial charge on any atom is 0.324 e. The van der Waals surface area contributed by atoms with E-state index in [-0.39, 0.29) is 5.41 Å². The number of nitrogens with one attached hydrogen (secondary N) is 3. The van der Waals surface area contributed by atoms with Gasteiger partial charge in [0.2, 0.25) is 5.88 Å². The minimum absolute atomic E-state index is 0.192. The first-order chi connectivity index (χ1) is 17.7. The molecule has 0 aliphatic carbocycles. The normalized spacial score (nSPS) is 11.1. The molecule has 192 valence electrons. The number of ether oxygens (including phenoxy) is 2. The molecule has 10 heteroatoms. The number of benzene rings is 2. The van der Waals surface area contributed by atoms with Gasteiger partial charge in [-0.3, -0.25) is 5.32 Å². The lowest BCUT2D eigenvalue weighted by Gasteiger charge is -2.14. The van der Waals surface area contributed by atoms with Gasteiger partial charge in [0.15, 0.2) is 11.5 Å². The maximum absolute atomic E-state index is 13.0. The Labute approximate surface area is 216 Å². The number of rotatable bonds is 7. The smallest absolute Gasteiger partial charge is 0.324 e. The molecule has 0 unspecified atom stereocenters. The number of methoxy groups -OCH3 is 1. The Bertz CT molecular complexity index is 1410. The van der Waals surface area contributed by atoms with Crippen LogP contribution in [0.15, 0.2) is 60.9 Å². The number of carbonyl (C=O) groups is 1. The summed E-state index contributed by atoms with van der Waals surface area (Å²) in [5.41, 5.74) is 3.15. The fourth-order valence-corrected chi connectivity index (χ4v) is 3.55. The largest absolute Gasteiger partial charge is 0.493 e. The molecule has 0 aliphatic rings. The van der Waals surface area contributed by atoms with Crippen molar-refractivity contribution in [2.24, 2.45) is 0 Å². The van der Waals surface area contributed by atoms with Crippen molar-refractivity contribution in [2.45, 2.75) is 33.1 Å². The van der Waals surface area contributed by atoms with E-state index in [4.69, 9.17) is 14.6 Å². The Hall–Kier alpha value is -4.60. The van der Waals surface area contributed by atoms with E-state index >= 15 is 0 Å². The zero-order valence-electron chi connectivity index (χ0n) is 21.8. The summed E-state index contributed by atoms with van der Waals surface area (Å²) in [6, 6.07) is 16.2. The monoisotopic (exact) mass is 501 g/mol. The minimum atomic E-state index is -0.417. The van der Waals surface area contributed by atoms with E-state index in [0.29, 0.717) is 34.7 Å². The van der Waals surface area contributed by atoms with Crippen molar-refractivity contribution in [3.8, 4) is 23.1 Å². The van der Waals surface area contributed by atoms with Gasteiger partial charge in [0.1, 0.15) is 18.0 Å². The Morgan fingerprint density at radius 2 is 1.78 bits per heavy atom. The SMILES string of the molecule is CNc1cc(Oc2ccc(NC(=O)Nc3cc(C(C)(C)C)nn3-c3cccc(C)c3)cc2OC)ncn1. The molecule has 0 fully saturated rings. The standard InChI is InChI=1S/C27H31N7O3/c1-17-8-7-9-19(12-17)34-24(14-22(33-34)27(2,3)4)32-26(35)31-18-10-11-20(21(13-18)36-6)37-25-15-23(28-5)29-16-30-25/h7-16H,1-6H3,(H,28,29,30)(H2,31,32,35). The maximum atomic E-state index is 13.0. The molecule has 0 radical (unpaired) electrons. The lowest BCUT2D eigenvalue weighted by molar-refractivity contribution is 0.262. The summed E-state index contributed by atoms with van der Waals surface area (Å²) in [5, 5.41) is 13.5. The molecule has 3 N–H and O–H groups in total. The van der Waals surface area contributed by atoms with Gasteiger partial charge in [-0.1, -0.05) is 32.9 Å². The molecule has 37 heavy (non-hydrogen) atoms. The number of aromatic nitrogens is 4. The predicted octanol–water partition coefficient (Wildman–Crippen LogP) is 5.75. The van der Waals surface area contributed by atoms with Gasteiger partial charge in [-0.15, -0.1) is 0 Å². The number of urea groups is 1. The first-order valence-corrected chi connectivity index (χ1v) is 11.8. The van der Waals surface area contributed by atoms with Gasteiger partial charge in [0, 0.05) is 36.3 Å². The summed E-state index contributed by atoms with van der Waals surface area (Å²) in [6.45, 7) is 8.26. The van der Waals surface area contributed by atoms with Crippen molar-refractivity contribution < 1.29 is 14.3 Å². The van der Waals surface area contributed by atoms with Crippen LogP contribution in [0.3, 0.4) is 0 Å². The van der Waals surface area contributed by atoms with E-state index in [1.54, 1.807) is 36.0 Å². The van der Waals surface area contributed by atoms with E-state index in [2.05, 4.69) is 46.7 Å². The summed E-state index contributed by atoms with van der Waals surface area (Å²) in [4.78, 5) is 21.2. The van der Waals surface area contributed by atoms with Crippen molar-refractivity contribution in [1.29, 1.82) is 0 Å². The molecule has 0 saturated heterocycles. The average Bonchev–Trinajstić information content (AvgIpc) is 3.29. The number of amides is 2. The molecule has 2 amide bonds. The number of carbonyl (C=O) groups excluding carboxylic acids is 1. The average molecular weight is 502 g/mol. The van der Waals surface area contributed by atoms with E-state index in [1.165, 1.54) is 13.4 Å². The van der Waals surface area contributed by atoms with E-state index in [1.807, 2.05) is 37.3 Å². The molecule has 2 aromatic heterocycles. The van der Waals surface area contributed by atoms with Crippen LogP contribution in [0.5, 0.6) is 17.4 Å². The topological polar surface area (TPSA) is 115 Å². The first-order valence-electron chi connectivity index (χ1n) is 11.8. The second kappa shape index (κ2) is 10.6. The van der Waals surface area contributed by atoms with Gasteiger partial charge in [-0.2, -0.15) is 5.10 Å². The molecule has 0 aliphatic heterocycles. The van der Waals surface area contributed by atoms with Crippen molar-refractivity contribution in [2.75, 3.05) is 30.1 Å². The van der Waals surface area contributed by atoms with Crippen LogP contribution in [0.25, 0.3) is 5.69 Å². The summed E-state index contributed by atoms with van der Waals surface area (Å²) in [6.07, 6.45) is 1.40. The van der Waals surface area contributed by atoms with Crippen molar-refractivity contribution in [3.05, 3.63) is 72.2 Å². The highest BCUT2D eigenvalue weighted by Gasteiger charge is 2.22. The molecule has 0 saturated carbocycles. The molecule has 4 rings (SSSR count). The molecule has 2 aromatic carbocycles. The van der Waals surface area contributed by atoms with Crippen LogP contribution in [0, 0.1) is 6.92 Å². The minimum Gasteiger partial charge on any atom is -0.493 e. The van der Waals surface area contributed by atoms with Crippen molar-refractivity contribution in [3.63, 3.8) is 0 Å². The van der Waals surface area contributed by atoms with E-state index in [9.17, 15) is 4.79 Å². The highest BCUT2D eigenvalue weighted by Crippen LogP contribution is 2.34. The number of hydrogen-bond acceptors (Lipinski definition) is 7. The van der Waals surface area contributed by atoms with Crippen LogP contribution in [0.2, 0.25) is 0 Å². The van der Waals surface area contributed by atoms with Gasteiger partial charge >= 0.3 is 6.03 Å². The summed E-state index contributed by atoms with van der Waals surface area (Å²) in [7, 11) is 3.29. The van der Waals surface area contributed by atoms with Gasteiger partial charge in [-0.05, 0) is 36.8 Å². The van der Waals surface area contributed by atoms with E-state index < -0.39 is 6.03 Å². The van der Waals surface area contributed by atoms with Gasteiger partial charge in [-0.25, -0.2) is 19.4 Å². The Balaban J connectivity index is 1.54. The zero-order chi connectivity index (χ0) is 26.6. The highest BCUT2D eigenvalue weighted by molar-refractivity contribution is 5.99. The zero-order valence-corrected chi connectivity index (χ0v) is 21.8. The Kier molecular flexibility index (Phi) is 7.28. The molecule has 4 aromatic rings. The molecule has 0 atom stereocenters. The molecular weight excluding hydrogens is 470 g/mol. The third kappa shape index (κ3) is 6.16. The lowest BCUT2D eigenvalue weighted by atomic mass is 9.92. The summed E-state index contributed by atoms with van der Waals surface area (Å²) in [5.74, 6) is 2.42. The second-order valence-electron chi connectivity index (χ2n) is 9.45. The second-order valence-corrected chi connectivity index (χ2v) is 9.45. The Morgan fingerprint density at radius 1 is 0.973 bits per heavy atom. The third-order valence-corrected chi connectivity index (χ3v) is 5.50.